The van der Waals surface area contributed by atoms with Crippen LogP contribution < -0.4 is 43.4 Å². The molecular formula is C40H55N9O12. The van der Waals surface area contributed by atoms with E-state index in [1.807, 2.05) is 29.6 Å². The predicted molar refractivity (Wildman–Crippen MR) is 219 cm³/mol. The number of aliphatic carboxylic acids is 1. The minimum Gasteiger partial charge on any atom is -0.508 e. The van der Waals surface area contributed by atoms with E-state index in [4.69, 9.17) is 16.6 Å². The molecule has 15 N–H and O–H groups in total. The number of fused-ring (bicyclic) bond motifs is 1. The van der Waals surface area contributed by atoms with Crippen molar-refractivity contribution >= 4 is 58.2 Å². The summed E-state index contributed by atoms with van der Waals surface area (Å²) in [4.78, 5) is 107. The lowest BCUT2D eigenvalue weighted by molar-refractivity contribution is -0.139. The monoisotopic (exact) mass is 853 g/mol. The summed E-state index contributed by atoms with van der Waals surface area (Å²) in [6, 6.07) is 3.71. The van der Waals surface area contributed by atoms with E-state index in [0.717, 1.165) is 30.3 Å². The van der Waals surface area contributed by atoms with Crippen molar-refractivity contribution in [2.45, 2.75) is 102 Å². The van der Waals surface area contributed by atoms with E-state index >= 15 is 0 Å². The highest BCUT2D eigenvalue weighted by Crippen LogP contribution is 2.19. The van der Waals surface area contributed by atoms with Gasteiger partial charge in [-0.15, -0.1) is 0 Å². The fourth-order valence-electron chi connectivity index (χ4n) is 6.19. The van der Waals surface area contributed by atoms with Gasteiger partial charge in [0.25, 0.3) is 0 Å². The molecule has 0 bridgehead atoms. The first-order chi connectivity index (χ1) is 28.7. The number of rotatable bonds is 23. The molecule has 332 valence electrons. The Morgan fingerprint density at radius 2 is 1.23 bits per heavy atom. The minimum absolute atomic E-state index is 0.115. The minimum atomic E-state index is -1.84. The average Bonchev–Trinajstić information content (AvgIpc) is 3.61. The number of carbonyl (C=O) groups is 8. The Balaban J connectivity index is 1.81. The zero-order chi connectivity index (χ0) is 45.6. The van der Waals surface area contributed by atoms with Crippen LogP contribution in [0.2, 0.25) is 0 Å². The molecule has 61 heavy (non-hydrogen) atoms. The Morgan fingerprint density at radius 1 is 0.689 bits per heavy atom. The van der Waals surface area contributed by atoms with E-state index in [9.17, 15) is 53.7 Å². The van der Waals surface area contributed by atoms with Crippen LogP contribution >= 0.6 is 0 Å². The van der Waals surface area contributed by atoms with Gasteiger partial charge >= 0.3 is 5.97 Å². The molecular weight excluding hydrogens is 798 g/mol. The van der Waals surface area contributed by atoms with Gasteiger partial charge in [-0.05, 0) is 55.5 Å². The van der Waals surface area contributed by atoms with Crippen molar-refractivity contribution in [2.75, 3.05) is 6.54 Å². The van der Waals surface area contributed by atoms with Crippen molar-refractivity contribution in [3.63, 3.8) is 0 Å². The molecule has 0 unspecified atom stereocenters. The summed E-state index contributed by atoms with van der Waals surface area (Å²) in [5.41, 5.74) is 13.7. The molecule has 0 aliphatic carbocycles. The number of aliphatic hydroxyl groups is 2. The highest BCUT2D eigenvalue weighted by molar-refractivity contribution is 5.98. The third-order valence-electron chi connectivity index (χ3n) is 9.83. The zero-order valence-corrected chi connectivity index (χ0v) is 34.1. The SMILES string of the molecule is CC[C@H](C)[C@H](NC(=O)[C@@H](N)Cc1c[nH]c2ccccc12)C(=O)N[C@@H](CC(N)=O)C(=O)N[C@H](C(=O)N[C@@H](Cc1ccc(O)cc1)C(=O)N[C@H](C(=O)NCC(=O)O)[C@@H](C)O)[C@@H](C)O. The smallest absolute Gasteiger partial charge is 0.322 e. The van der Waals surface area contributed by atoms with Crippen LogP contribution in [0.1, 0.15) is 51.7 Å². The fourth-order valence-corrected chi connectivity index (χ4v) is 6.19. The van der Waals surface area contributed by atoms with E-state index in [1.54, 1.807) is 20.0 Å². The van der Waals surface area contributed by atoms with Crippen LogP contribution in [-0.2, 0) is 51.2 Å². The van der Waals surface area contributed by atoms with Gasteiger partial charge in [-0.3, -0.25) is 38.4 Å². The molecule has 9 atom stereocenters. The standard InChI is InChI=1S/C40H55N9O12/c1-5-19(2)32(47-35(56)26(41)15-23-17-43-27-9-7-6-8-25(23)27)39(60)46-29(16-30(42)53)37(58)49-34(21(4)51)40(61)45-28(14-22-10-12-24(52)13-11-22)36(57)48-33(20(3)50)38(59)44-18-31(54)55/h6-13,17,19-21,26,28-29,32-34,43,50-52H,5,14-16,18,41H2,1-4H3,(H2,42,53)(H,44,59)(H,45,61)(H,46,60)(H,47,56)(H,48,57)(H,49,58)(H,54,55)/t19-,20+,21+,26-,28-,29-,32-,33-,34-/m0/s1. The number of phenols is 1. The van der Waals surface area contributed by atoms with Gasteiger partial charge in [-0.25, -0.2) is 0 Å². The summed E-state index contributed by atoms with van der Waals surface area (Å²) < 4.78 is 0. The molecule has 21 nitrogen and oxygen atoms in total. The molecule has 21 heteroatoms. The Kier molecular flexibility index (Phi) is 18.2. The van der Waals surface area contributed by atoms with Gasteiger partial charge in [0.2, 0.25) is 41.4 Å². The number of nitrogens with two attached hydrogens (primary N) is 2. The van der Waals surface area contributed by atoms with Gasteiger partial charge in [0.15, 0.2) is 0 Å². The van der Waals surface area contributed by atoms with Crippen molar-refractivity contribution < 1.29 is 58.8 Å². The van der Waals surface area contributed by atoms with Crippen LogP contribution in [0.5, 0.6) is 5.75 Å². The molecule has 3 rings (SSSR count). The molecule has 1 aromatic heterocycles. The molecule has 1 heterocycles. The zero-order valence-electron chi connectivity index (χ0n) is 34.1. The highest BCUT2D eigenvalue weighted by atomic mass is 16.4. The maximum absolute atomic E-state index is 13.7. The van der Waals surface area contributed by atoms with Gasteiger partial charge in [0.1, 0.15) is 42.5 Å². The van der Waals surface area contributed by atoms with Crippen molar-refractivity contribution in [3.05, 3.63) is 65.9 Å². The summed E-state index contributed by atoms with van der Waals surface area (Å²) in [5.74, 6) is -9.01. The number of phenolic OH excluding ortho intramolecular Hbond substituents is 1. The largest absolute Gasteiger partial charge is 0.508 e. The van der Waals surface area contributed by atoms with Crippen LogP contribution in [0.25, 0.3) is 10.9 Å². The number of aromatic hydroxyl groups is 1. The van der Waals surface area contributed by atoms with E-state index in [0.29, 0.717) is 12.0 Å². The second kappa shape index (κ2) is 22.7. The van der Waals surface area contributed by atoms with Gasteiger partial charge in [0, 0.05) is 23.5 Å². The summed E-state index contributed by atoms with van der Waals surface area (Å²) >= 11 is 0. The number of aliphatic hydroxyl groups excluding tert-OH is 2. The number of hydrogen-bond acceptors (Lipinski definition) is 12. The molecule has 0 spiro atoms. The van der Waals surface area contributed by atoms with Crippen LogP contribution in [0.3, 0.4) is 0 Å². The maximum Gasteiger partial charge on any atom is 0.322 e. The first-order valence-electron chi connectivity index (χ1n) is 19.5. The van der Waals surface area contributed by atoms with Crippen molar-refractivity contribution in [2.24, 2.45) is 17.4 Å². The molecule has 0 saturated heterocycles. The van der Waals surface area contributed by atoms with Gasteiger partial charge in [-0.1, -0.05) is 50.6 Å². The summed E-state index contributed by atoms with van der Waals surface area (Å²) in [5, 5.41) is 54.4. The number of nitrogens with one attached hydrogen (secondary N) is 7. The first kappa shape index (κ1) is 48.8. The number of aromatic nitrogens is 1. The molecule has 7 amide bonds. The Hall–Kier alpha value is -6.58. The van der Waals surface area contributed by atoms with E-state index in [2.05, 4.69) is 31.6 Å². The number of benzene rings is 2. The third-order valence-corrected chi connectivity index (χ3v) is 9.83. The van der Waals surface area contributed by atoms with Gasteiger partial charge in [-0.2, -0.15) is 0 Å². The predicted octanol–water partition coefficient (Wildman–Crippen LogP) is -2.71. The number of hydrogen-bond donors (Lipinski definition) is 13. The molecule has 0 radical (unpaired) electrons. The summed E-state index contributed by atoms with van der Waals surface area (Å²) in [6.07, 6.45) is -2.03. The summed E-state index contributed by atoms with van der Waals surface area (Å²) in [6.45, 7) is 4.89. The van der Waals surface area contributed by atoms with Crippen LogP contribution in [-0.4, -0.2) is 128 Å². The number of carbonyl (C=O) groups excluding carboxylic acids is 7. The van der Waals surface area contributed by atoms with E-state index in [1.165, 1.54) is 24.3 Å². The number of amides is 7. The van der Waals surface area contributed by atoms with Crippen LogP contribution in [0, 0.1) is 5.92 Å². The lowest BCUT2D eigenvalue weighted by atomic mass is 9.96. The molecule has 0 fully saturated rings. The molecule has 0 aliphatic rings. The number of para-hydroxylation sites is 1. The number of H-pyrrole nitrogens is 1. The van der Waals surface area contributed by atoms with Crippen LogP contribution in [0.4, 0.5) is 0 Å². The Morgan fingerprint density at radius 3 is 1.80 bits per heavy atom. The van der Waals surface area contributed by atoms with E-state index in [-0.39, 0.29) is 18.6 Å². The average molecular weight is 854 g/mol. The summed E-state index contributed by atoms with van der Waals surface area (Å²) in [7, 11) is 0. The lowest BCUT2D eigenvalue weighted by Crippen LogP contribution is -2.63. The topological polar surface area (TPSA) is 357 Å². The highest BCUT2D eigenvalue weighted by Gasteiger charge is 2.36. The molecule has 0 aliphatic heterocycles. The van der Waals surface area contributed by atoms with Gasteiger partial charge in [0.05, 0.1) is 24.7 Å². The Labute approximate surface area is 350 Å². The second-order valence-corrected chi connectivity index (χ2v) is 14.8. The normalized spacial score (nSPS) is 15.6. The fraction of sp³-hybridized carbons (Fsp3) is 0.450. The second-order valence-electron chi connectivity index (χ2n) is 14.8. The van der Waals surface area contributed by atoms with Crippen molar-refractivity contribution in [1.29, 1.82) is 0 Å². The number of aromatic amines is 1. The van der Waals surface area contributed by atoms with Crippen molar-refractivity contribution in [3.8, 4) is 5.75 Å². The molecule has 3 aromatic rings. The third kappa shape index (κ3) is 14.6. The van der Waals surface area contributed by atoms with Gasteiger partial charge < -0.3 is 68.8 Å². The number of carboxylic acid groups (broad SMARTS) is 1. The number of primary amides is 1. The first-order valence-corrected chi connectivity index (χ1v) is 19.5. The quantitative estimate of drug-likeness (QED) is 0.0462. The van der Waals surface area contributed by atoms with E-state index < -0.39 is 115 Å². The van der Waals surface area contributed by atoms with Crippen molar-refractivity contribution in [1.82, 2.24) is 36.9 Å². The Bertz CT molecular complexity index is 2040. The molecule has 0 saturated carbocycles. The number of carboxylic acids is 1. The lowest BCUT2D eigenvalue weighted by Gasteiger charge is -2.29. The molecule has 2 aromatic carbocycles. The maximum atomic E-state index is 13.7. The van der Waals surface area contributed by atoms with Crippen LogP contribution in [0.15, 0.2) is 54.7 Å².